The van der Waals surface area contributed by atoms with Gasteiger partial charge in [-0.3, -0.25) is 0 Å². The fraction of sp³-hybridized carbons (Fsp3) is 0.846. The van der Waals surface area contributed by atoms with Crippen LogP contribution >= 0.6 is 11.6 Å². The minimum atomic E-state index is 0.263. The summed E-state index contributed by atoms with van der Waals surface area (Å²) in [4.78, 5) is 4.42. The largest absolute Gasteiger partial charge is 0.248 e. The third kappa shape index (κ3) is 2.82. The second-order valence-corrected chi connectivity index (χ2v) is 5.85. The molecule has 3 nitrogen and oxygen atoms in total. The van der Waals surface area contributed by atoms with E-state index in [4.69, 9.17) is 11.6 Å². The van der Waals surface area contributed by atoms with E-state index in [-0.39, 0.29) is 5.41 Å². The lowest BCUT2D eigenvalue weighted by Gasteiger charge is -2.35. The molecule has 0 N–H and O–H groups in total. The Labute approximate surface area is 109 Å². The Morgan fingerprint density at radius 3 is 2.65 bits per heavy atom. The summed E-state index contributed by atoms with van der Waals surface area (Å²) in [6, 6.07) is 0.378. The van der Waals surface area contributed by atoms with Crippen LogP contribution in [0.5, 0.6) is 0 Å². The fourth-order valence-corrected chi connectivity index (χ4v) is 3.19. The van der Waals surface area contributed by atoms with Crippen molar-refractivity contribution in [3.63, 3.8) is 0 Å². The highest BCUT2D eigenvalue weighted by atomic mass is 35.5. The zero-order chi connectivity index (χ0) is 12.3. The van der Waals surface area contributed by atoms with Crippen LogP contribution in [-0.4, -0.2) is 20.6 Å². The minimum absolute atomic E-state index is 0.263. The van der Waals surface area contributed by atoms with Gasteiger partial charge in [0, 0.05) is 18.3 Å². The van der Waals surface area contributed by atoms with E-state index in [1.165, 1.54) is 32.1 Å². The lowest BCUT2D eigenvalue weighted by atomic mass is 9.73. The number of hydrogen-bond acceptors (Lipinski definition) is 2. The molecule has 0 bridgehead atoms. The molecule has 0 aliphatic heterocycles. The van der Waals surface area contributed by atoms with Gasteiger partial charge in [0.25, 0.3) is 0 Å². The van der Waals surface area contributed by atoms with E-state index in [2.05, 4.69) is 23.9 Å². The molecule has 0 saturated heterocycles. The van der Waals surface area contributed by atoms with Crippen LogP contribution in [0.4, 0.5) is 0 Å². The van der Waals surface area contributed by atoms with Gasteiger partial charge in [-0.25, -0.2) is 9.67 Å². The third-order valence-electron chi connectivity index (χ3n) is 3.87. The molecule has 17 heavy (non-hydrogen) atoms. The van der Waals surface area contributed by atoms with E-state index in [0.717, 1.165) is 18.1 Å². The van der Waals surface area contributed by atoms with Gasteiger partial charge in [0.2, 0.25) is 0 Å². The van der Waals surface area contributed by atoms with Crippen molar-refractivity contribution < 1.29 is 0 Å². The number of rotatable bonds is 4. The highest BCUT2D eigenvalue weighted by molar-refractivity contribution is 6.18. The molecule has 0 unspecified atom stereocenters. The Kier molecular flexibility index (Phi) is 4.08. The van der Waals surface area contributed by atoms with Gasteiger partial charge in [-0.15, -0.1) is 11.6 Å². The first-order valence-corrected chi connectivity index (χ1v) is 7.15. The van der Waals surface area contributed by atoms with Crippen molar-refractivity contribution in [2.45, 2.75) is 58.4 Å². The molecule has 96 valence electrons. The van der Waals surface area contributed by atoms with E-state index < -0.39 is 0 Å². The molecule has 1 heterocycles. The highest BCUT2D eigenvalue weighted by Gasteiger charge is 2.33. The lowest BCUT2D eigenvalue weighted by Crippen LogP contribution is -2.30. The Bertz CT molecular complexity index is 353. The number of nitrogens with zero attached hydrogens (tertiary/aromatic N) is 3. The van der Waals surface area contributed by atoms with Crippen LogP contribution < -0.4 is 0 Å². The summed E-state index contributed by atoms with van der Waals surface area (Å²) in [6.45, 7) is 4.29. The van der Waals surface area contributed by atoms with Crippen LogP contribution in [0.1, 0.15) is 57.8 Å². The first kappa shape index (κ1) is 12.9. The van der Waals surface area contributed by atoms with Crippen LogP contribution in [0.25, 0.3) is 0 Å². The molecule has 1 saturated carbocycles. The van der Waals surface area contributed by atoms with Crippen molar-refractivity contribution in [3.05, 3.63) is 12.2 Å². The highest BCUT2D eigenvalue weighted by Crippen LogP contribution is 2.40. The van der Waals surface area contributed by atoms with Gasteiger partial charge in [-0.1, -0.05) is 19.3 Å². The number of alkyl halides is 1. The molecule has 1 aromatic heterocycles. The maximum absolute atomic E-state index is 6.23. The summed E-state index contributed by atoms with van der Waals surface area (Å²) in [5.74, 6) is 1.85. The Morgan fingerprint density at radius 2 is 2.06 bits per heavy atom. The number of hydrogen-bond donors (Lipinski definition) is 0. The molecule has 4 heteroatoms. The Morgan fingerprint density at radius 1 is 1.35 bits per heavy atom. The zero-order valence-corrected chi connectivity index (χ0v) is 11.6. The minimum Gasteiger partial charge on any atom is -0.248 e. The second kappa shape index (κ2) is 5.38. The number of aromatic nitrogens is 3. The Balaban J connectivity index is 2.14. The van der Waals surface area contributed by atoms with Crippen LogP contribution in [-0.2, 0) is 6.42 Å². The maximum Gasteiger partial charge on any atom is 0.138 e. The molecule has 0 atom stereocenters. The van der Waals surface area contributed by atoms with Gasteiger partial charge < -0.3 is 0 Å². The molecule has 1 aliphatic rings. The quantitative estimate of drug-likeness (QED) is 0.770. The van der Waals surface area contributed by atoms with Crippen LogP contribution in [0.3, 0.4) is 0 Å². The van der Waals surface area contributed by atoms with Crippen LogP contribution in [0.15, 0.2) is 6.33 Å². The van der Waals surface area contributed by atoms with Crippen molar-refractivity contribution in [2.24, 2.45) is 5.41 Å². The summed E-state index contributed by atoms with van der Waals surface area (Å²) >= 11 is 6.23. The predicted molar refractivity (Wildman–Crippen MR) is 70.3 cm³/mol. The molecular weight excluding hydrogens is 234 g/mol. The van der Waals surface area contributed by atoms with E-state index >= 15 is 0 Å². The smallest absolute Gasteiger partial charge is 0.138 e. The topological polar surface area (TPSA) is 30.7 Å². The fourth-order valence-electron chi connectivity index (χ4n) is 2.83. The van der Waals surface area contributed by atoms with E-state index in [1.807, 2.05) is 4.68 Å². The van der Waals surface area contributed by atoms with Gasteiger partial charge in [0.05, 0.1) is 0 Å². The lowest BCUT2D eigenvalue weighted by molar-refractivity contribution is 0.211. The SMILES string of the molecule is CC(C)n1ncnc1CC1(CCl)CCCCC1. The molecule has 2 rings (SSSR count). The van der Waals surface area contributed by atoms with Crippen molar-refractivity contribution in [1.82, 2.24) is 14.8 Å². The molecule has 1 aromatic rings. The third-order valence-corrected chi connectivity index (χ3v) is 4.43. The summed E-state index contributed by atoms with van der Waals surface area (Å²) < 4.78 is 2.03. The standard InChI is InChI=1S/C13H22ClN3/c1-11(2)17-12(15-10-16-17)8-13(9-14)6-4-3-5-7-13/h10-11H,3-9H2,1-2H3. The first-order valence-electron chi connectivity index (χ1n) is 6.61. The number of halogens is 1. The van der Waals surface area contributed by atoms with E-state index in [1.54, 1.807) is 6.33 Å². The average Bonchev–Trinajstić information content (AvgIpc) is 2.78. The van der Waals surface area contributed by atoms with Gasteiger partial charge in [-0.2, -0.15) is 5.10 Å². The van der Waals surface area contributed by atoms with Gasteiger partial charge in [-0.05, 0) is 32.1 Å². The Hall–Kier alpha value is -0.570. The molecule has 0 spiro atoms. The molecular formula is C13H22ClN3. The molecule has 0 radical (unpaired) electrons. The van der Waals surface area contributed by atoms with Crippen LogP contribution in [0.2, 0.25) is 0 Å². The van der Waals surface area contributed by atoms with Gasteiger partial charge in [0.15, 0.2) is 0 Å². The average molecular weight is 256 g/mol. The zero-order valence-electron chi connectivity index (χ0n) is 10.8. The van der Waals surface area contributed by atoms with Crippen molar-refractivity contribution in [3.8, 4) is 0 Å². The molecule has 0 amide bonds. The summed E-state index contributed by atoms with van der Waals surface area (Å²) in [7, 11) is 0. The monoisotopic (exact) mass is 255 g/mol. The van der Waals surface area contributed by atoms with Crippen LogP contribution in [0, 0.1) is 5.41 Å². The van der Waals surface area contributed by atoms with Crippen molar-refractivity contribution >= 4 is 11.6 Å². The summed E-state index contributed by atoms with van der Waals surface area (Å²) in [5, 5.41) is 4.31. The van der Waals surface area contributed by atoms with Crippen molar-refractivity contribution in [2.75, 3.05) is 5.88 Å². The second-order valence-electron chi connectivity index (χ2n) is 5.59. The van der Waals surface area contributed by atoms with E-state index in [0.29, 0.717) is 6.04 Å². The van der Waals surface area contributed by atoms with E-state index in [9.17, 15) is 0 Å². The van der Waals surface area contributed by atoms with Gasteiger partial charge >= 0.3 is 0 Å². The maximum atomic E-state index is 6.23. The molecule has 1 aliphatic carbocycles. The summed E-state index contributed by atoms with van der Waals surface area (Å²) in [6.07, 6.45) is 9.10. The molecule has 0 aromatic carbocycles. The van der Waals surface area contributed by atoms with Gasteiger partial charge in [0.1, 0.15) is 12.2 Å². The van der Waals surface area contributed by atoms with Crippen molar-refractivity contribution in [1.29, 1.82) is 0 Å². The predicted octanol–water partition coefficient (Wildman–Crippen LogP) is 3.59. The molecule has 1 fully saturated rings. The normalized spacial score (nSPS) is 19.8. The first-order chi connectivity index (χ1) is 8.17. The summed E-state index contributed by atoms with van der Waals surface area (Å²) in [5.41, 5.74) is 0.263.